The van der Waals surface area contributed by atoms with Gasteiger partial charge in [-0.3, -0.25) is 4.79 Å². The fourth-order valence-electron chi connectivity index (χ4n) is 3.01. The predicted molar refractivity (Wildman–Crippen MR) is 123 cm³/mol. The number of nitrogens with zero attached hydrogens (tertiary/aromatic N) is 1. The number of carbonyl (C=O) groups excluding carboxylic acids is 1. The summed E-state index contributed by atoms with van der Waals surface area (Å²) in [4.78, 5) is 17.1. The second-order valence-electron chi connectivity index (χ2n) is 7.60. The standard InChI is InChI=1S/C25H24N2O2S/c1-17(2)16-29-21-13-11-19(12-14-21)24(28)26-15-18-7-9-20(10-8-18)25-27-22-5-3-4-6-23(22)30-25/h3-14,17H,15-16H2,1-2H3,(H,26,28). The van der Waals surface area contributed by atoms with E-state index in [9.17, 15) is 4.79 Å². The van der Waals surface area contributed by atoms with Crippen molar-refractivity contribution in [1.29, 1.82) is 0 Å². The number of aromatic nitrogens is 1. The Morgan fingerprint density at radius 1 is 1.00 bits per heavy atom. The van der Waals surface area contributed by atoms with Crippen LogP contribution in [0.3, 0.4) is 0 Å². The third-order valence-corrected chi connectivity index (χ3v) is 5.73. The molecule has 4 rings (SSSR count). The maximum absolute atomic E-state index is 12.4. The minimum Gasteiger partial charge on any atom is -0.493 e. The SMILES string of the molecule is CC(C)COc1ccc(C(=O)NCc2ccc(-c3nc4ccccc4s3)cc2)cc1. The number of ether oxygens (including phenoxy) is 1. The van der Waals surface area contributed by atoms with Crippen LogP contribution in [0.1, 0.15) is 29.8 Å². The number of amides is 1. The summed E-state index contributed by atoms with van der Waals surface area (Å²) < 4.78 is 6.85. The largest absolute Gasteiger partial charge is 0.493 e. The highest BCUT2D eigenvalue weighted by atomic mass is 32.1. The molecule has 1 amide bonds. The molecule has 0 bridgehead atoms. The van der Waals surface area contributed by atoms with Crippen LogP contribution in [0.2, 0.25) is 0 Å². The quantitative estimate of drug-likeness (QED) is 0.406. The van der Waals surface area contributed by atoms with Crippen molar-refractivity contribution in [3.05, 3.63) is 83.9 Å². The average Bonchev–Trinajstić information content (AvgIpc) is 3.21. The van der Waals surface area contributed by atoms with Crippen LogP contribution in [0.4, 0.5) is 0 Å². The van der Waals surface area contributed by atoms with Gasteiger partial charge in [0.05, 0.1) is 16.8 Å². The van der Waals surface area contributed by atoms with Gasteiger partial charge in [0.2, 0.25) is 0 Å². The first-order valence-electron chi connectivity index (χ1n) is 10.0. The van der Waals surface area contributed by atoms with Crippen LogP contribution in [-0.4, -0.2) is 17.5 Å². The number of fused-ring (bicyclic) bond motifs is 1. The van der Waals surface area contributed by atoms with E-state index in [0.29, 0.717) is 24.6 Å². The molecule has 4 nitrogen and oxygen atoms in total. The topological polar surface area (TPSA) is 51.2 Å². The van der Waals surface area contributed by atoms with Crippen molar-refractivity contribution in [2.45, 2.75) is 20.4 Å². The lowest BCUT2D eigenvalue weighted by molar-refractivity contribution is 0.0951. The van der Waals surface area contributed by atoms with Crippen molar-refractivity contribution in [3.8, 4) is 16.3 Å². The smallest absolute Gasteiger partial charge is 0.251 e. The van der Waals surface area contributed by atoms with Crippen LogP contribution in [-0.2, 0) is 6.54 Å². The van der Waals surface area contributed by atoms with Crippen molar-refractivity contribution in [1.82, 2.24) is 10.3 Å². The lowest BCUT2D eigenvalue weighted by Crippen LogP contribution is -2.22. The molecular formula is C25H24N2O2S. The van der Waals surface area contributed by atoms with E-state index in [1.54, 1.807) is 23.5 Å². The molecule has 0 saturated carbocycles. The van der Waals surface area contributed by atoms with Crippen molar-refractivity contribution in [3.63, 3.8) is 0 Å². The summed E-state index contributed by atoms with van der Waals surface area (Å²) in [6, 6.07) is 23.6. The molecule has 30 heavy (non-hydrogen) atoms. The van der Waals surface area contributed by atoms with Gasteiger partial charge in [-0.05, 0) is 47.9 Å². The number of para-hydroxylation sites is 1. The lowest BCUT2D eigenvalue weighted by Gasteiger charge is -2.10. The second-order valence-corrected chi connectivity index (χ2v) is 8.63. The number of hydrogen-bond donors (Lipinski definition) is 1. The van der Waals surface area contributed by atoms with Gasteiger partial charge in [0, 0.05) is 17.7 Å². The Morgan fingerprint density at radius 2 is 1.73 bits per heavy atom. The van der Waals surface area contributed by atoms with E-state index in [2.05, 4.69) is 37.4 Å². The molecule has 0 atom stereocenters. The fraction of sp³-hybridized carbons (Fsp3) is 0.200. The summed E-state index contributed by atoms with van der Waals surface area (Å²) in [6.07, 6.45) is 0. The van der Waals surface area contributed by atoms with Crippen LogP contribution >= 0.6 is 11.3 Å². The van der Waals surface area contributed by atoms with Crippen molar-refractivity contribution < 1.29 is 9.53 Å². The van der Waals surface area contributed by atoms with E-state index < -0.39 is 0 Å². The van der Waals surface area contributed by atoms with Crippen molar-refractivity contribution >= 4 is 27.5 Å². The van der Waals surface area contributed by atoms with Gasteiger partial charge in [-0.2, -0.15) is 0 Å². The molecular weight excluding hydrogens is 392 g/mol. The Morgan fingerprint density at radius 3 is 2.43 bits per heavy atom. The maximum Gasteiger partial charge on any atom is 0.251 e. The molecule has 3 aromatic carbocycles. The summed E-state index contributed by atoms with van der Waals surface area (Å²) in [5.74, 6) is 1.15. The molecule has 0 aliphatic rings. The summed E-state index contributed by atoms with van der Waals surface area (Å²) >= 11 is 1.69. The molecule has 5 heteroatoms. The summed E-state index contributed by atoms with van der Waals surface area (Å²) in [5.41, 5.74) is 3.78. The Hall–Kier alpha value is -3.18. The summed E-state index contributed by atoms with van der Waals surface area (Å²) in [5, 5.41) is 3.98. The molecule has 4 aromatic rings. The van der Waals surface area contributed by atoms with E-state index in [0.717, 1.165) is 27.4 Å². The fourth-order valence-corrected chi connectivity index (χ4v) is 3.98. The highest BCUT2D eigenvalue weighted by Crippen LogP contribution is 2.30. The van der Waals surface area contributed by atoms with Crippen LogP contribution in [0.25, 0.3) is 20.8 Å². The normalized spacial score (nSPS) is 11.0. The number of thiazole rings is 1. The van der Waals surface area contributed by atoms with Crippen LogP contribution in [0.5, 0.6) is 5.75 Å². The first-order valence-corrected chi connectivity index (χ1v) is 10.9. The number of benzene rings is 3. The summed E-state index contributed by atoms with van der Waals surface area (Å²) in [6.45, 7) is 5.35. The van der Waals surface area contributed by atoms with Crippen molar-refractivity contribution in [2.24, 2.45) is 5.92 Å². The molecule has 0 radical (unpaired) electrons. The van der Waals surface area contributed by atoms with E-state index in [1.807, 2.05) is 42.5 Å². The molecule has 152 valence electrons. The molecule has 0 aliphatic carbocycles. The molecule has 0 fully saturated rings. The van der Waals surface area contributed by atoms with Gasteiger partial charge >= 0.3 is 0 Å². The zero-order chi connectivity index (χ0) is 20.9. The molecule has 0 aliphatic heterocycles. The summed E-state index contributed by atoms with van der Waals surface area (Å²) in [7, 11) is 0. The number of rotatable bonds is 7. The highest BCUT2D eigenvalue weighted by Gasteiger charge is 2.08. The van der Waals surface area contributed by atoms with Crippen LogP contribution < -0.4 is 10.1 Å². The zero-order valence-electron chi connectivity index (χ0n) is 17.1. The highest BCUT2D eigenvalue weighted by molar-refractivity contribution is 7.21. The Balaban J connectivity index is 1.35. The first kappa shape index (κ1) is 20.1. The predicted octanol–water partition coefficient (Wildman–Crippen LogP) is 5.93. The number of hydrogen-bond acceptors (Lipinski definition) is 4. The van der Waals surface area contributed by atoms with E-state index in [-0.39, 0.29) is 5.91 Å². The van der Waals surface area contributed by atoms with Crippen LogP contribution in [0, 0.1) is 5.92 Å². The maximum atomic E-state index is 12.4. The Bertz CT molecular complexity index is 1100. The van der Waals surface area contributed by atoms with E-state index >= 15 is 0 Å². The molecule has 0 unspecified atom stereocenters. The van der Waals surface area contributed by atoms with Gasteiger partial charge in [-0.1, -0.05) is 50.2 Å². The third kappa shape index (κ3) is 4.86. The monoisotopic (exact) mass is 416 g/mol. The average molecular weight is 417 g/mol. The molecule has 0 saturated heterocycles. The van der Waals surface area contributed by atoms with Gasteiger partial charge in [0.1, 0.15) is 10.8 Å². The first-order chi connectivity index (χ1) is 14.6. The minimum atomic E-state index is -0.0966. The third-order valence-electron chi connectivity index (χ3n) is 4.65. The van der Waals surface area contributed by atoms with E-state index in [1.165, 1.54) is 4.70 Å². The second kappa shape index (κ2) is 9.09. The van der Waals surface area contributed by atoms with Gasteiger partial charge < -0.3 is 10.1 Å². The van der Waals surface area contributed by atoms with Crippen LogP contribution in [0.15, 0.2) is 72.8 Å². The Labute approximate surface area is 180 Å². The minimum absolute atomic E-state index is 0.0966. The molecule has 0 spiro atoms. The van der Waals surface area contributed by atoms with Crippen molar-refractivity contribution in [2.75, 3.05) is 6.61 Å². The van der Waals surface area contributed by atoms with Gasteiger partial charge in [-0.15, -0.1) is 11.3 Å². The lowest BCUT2D eigenvalue weighted by atomic mass is 10.1. The Kier molecular flexibility index (Phi) is 6.10. The molecule has 1 N–H and O–H groups in total. The molecule has 1 aromatic heterocycles. The van der Waals surface area contributed by atoms with Gasteiger partial charge in [0.15, 0.2) is 0 Å². The number of carbonyl (C=O) groups is 1. The number of nitrogens with one attached hydrogen (secondary N) is 1. The van der Waals surface area contributed by atoms with E-state index in [4.69, 9.17) is 9.72 Å². The van der Waals surface area contributed by atoms with Gasteiger partial charge in [0.25, 0.3) is 5.91 Å². The molecule has 1 heterocycles. The van der Waals surface area contributed by atoms with Gasteiger partial charge in [-0.25, -0.2) is 4.98 Å². The zero-order valence-corrected chi connectivity index (χ0v) is 17.9.